The Morgan fingerprint density at radius 1 is 0.841 bits per heavy atom. The standard InChI is InChI=1S/C10H20O3S2.C9H13NOS2.C6H12O2S.S5.S2/c1-10(2,6-5-9(12)13)15-14-8-4-3-7-11;11-7-3-4-8-12-13-9-5-1-2-6-10-9;1-6(2,9)4-3-5(7)8;1-3-5-4-2;1-2/h11H,3-8H2,1-2H3,(H,12,13);1-2,5-6,11H,3-4,7-8H2;9H,3-4H2,1-2H3,(H,7,8);;. The minimum Gasteiger partial charge on any atom is -0.481 e. The molecule has 1 heterocycles. The molecule has 0 aromatic carbocycles. The first-order chi connectivity index (χ1) is 20.7. The Balaban J connectivity index is -0.000000251. The van der Waals surface area contributed by atoms with E-state index in [9.17, 15) is 9.59 Å². The SMILES string of the molecule is CC(C)(CCC(=O)O)SSCCCCO.CC(C)(S)CCC(=O)O.OCCCCSSc1ccccn1.S=S.S=S=S=S=S. The summed E-state index contributed by atoms with van der Waals surface area (Å²) in [5, 5.41) is 35.0. The molecule has 0 unspecified atom stereocenters. The van der Waals surface area contributed by atoms with E-state index in [1.165, 1.54) is 26.6 Å². The van der Waals surface area contributed by atoms with Crippen LogP contribution in [0.25, 0.3) is 0 Å². The number of nitrogens with zero attached hydrogens (tertiary/aromatic N) is 1. The van der Waals surface area contributed by atoms with Crippen molar-refractivity contribution in [2.45, 2.75) is 93.6 Å². The number of aliphatic hydroxyl groups is 2. The van der Waals surface area contributed by atoms with Gasteiger partial charge in [-0.15, -0.1) is 0 Å². The fourth-order valence-corrected chi connectivity index (χ4v) is 9.72. The quantitative estimate of drug-likeness (QED) is 0.0596. The second-order valence-electron chi connectivity index (χ2n) is 9.40. The number of hydrogen-bond acceptors (Lipinski definition) is 14. The molecule has 0 saturated heterocycles. The lowest BCUT2D eigenvalue weighted by molar-refractivity contribution is -0.138. The van der Waals surface area contributed by atoms with Crippen LogP contribution in [0.2, 0.25) is 0 Å². The molecule has 0 atom stereocenters. The zero-order valence-corrected chi connectivity index (χ0v) is 35.2. The van der Waals surface area contributed by atoms with Gasteiger partial charge in [-0.3, -0.25) is 9.59 Å². The smallest absolute Gasteiger partial charge is 0.303 e. The predicted molar refractivity (Wildman–Crippen MR) is 218 cm³/mol. The molecule has 1 rings (SSSR count). The van der Waals surface area contributed by atoms with Crippen LogP contribution in [-0.4, -0.2) is 71.6 Å². The number of carbonyl (C=O) groups is 2. The van der Waals surface area contributed by atoms with E-state index in [0.717, 1.165) is 42.2 Å². The summed E-state index contributed by atoms with van der Waals surface area (Å²) in [7, 11) is 10.9. The lowest BCUT2D eigenvalue weighted by Crippen LogP contribution is -2.15. The summed E-state index contributed by atoms with van der Waals surface area (Å²) in [5.74, 6) is 0.606. The number of aliphatic hydroxyl groups excluding tert-OH is 2. The van der Waals surface area contributed by atoms with E-state index < -0.39 is 11.9 Å². The van der Waals surface area contributed by atoms with Crippen LogP contribution >= 0.6 is 55.8 Å². The third-order valence-corrected chi connectivity index (χ3v) is 14.7. The summed E-state index contributed by atoms with van der Waals surface area (Å²) in [6.07, 6.45) is 7.39. The third kappa shape index (κ3) is 52.8. The highest BCUT2D eigenvalue weighted by molar-refractivity contribution is 8.77. The molecule has 4 N–H and O–H groups in total. The van der Waals surface area contributed by atoms with Gasteiger partial charge in [0.25, 0.3) is 0 Å². The van der Waals surface area contributed by atoms with Crippen LogP contribution in [0.5, 0.6) is 0 Å². The van der Waals surface area contributed by atoms with Gasteiger partial charge in [-0.05, 0) is 75.3 Å². The molecular formula is C25H45NO6S12. The van der Waals surface area contributed by atoms with Crippen LogP contribution in [0.3, 0.4) is 0 Å². The molecule has 0 saturated carbocycles. The lowest BCUT2D eigenvalue weighted by Gasteiger charge is -2.22. The first kappa shape index (κ1) is 52.1. The lowest BCUT2D eigenvalue weighted by atomic mass is 10.1. The van der Waals surface area contributed by atoms with Crippen molar-refractivity contribution in [2.24, 2.45) is 0 Å². The van der Waals surface area contributed by atoms with E-state index in [1.807, 2.05) is 32.0 Å². The normalized spacial score (nSPS) is 10.1. The van der Waals surface area contributed by atoms with E-state index in [1.54, 1.807) is 49.4 Å². The molecule has 1 aromatic heterocycles. The zero-order valence-electron chi connectivity index (χ0n) is 25.3. The molecule has 0 aliphatic rings. The van der Waals surface area contributed by atoms with Crippen molar-refractivity contribution in [3.63, 3.8) is 0 Å². The Bertz CT molecular complexity index is 925. The van der Waals surface area contributed by atoms with Gasteiger partial charge in [0.2, 0.25) is 0 Å². The number of aromatic nitrogens is 1. The number of aliphatic carboxylic acids is 2. The molecule has 0 aliphatic carbocycles. The van der Waals surface area contributed by atoms with Gasteiger partial charge in [-0.25, -0.2) is 4.98 Å². The molecular weight excluding hydrogens is 795 g/mol. The molecule has 44 heavy (non-hydrogen) atoms. The summed E-state index contributed by atoms with van der Waals surface area (Å²) < 4.78 is -0.138. The van der Waals surface area contributed by atoms with E-state index in [4.69, 9.17) is 20.4 Å². The van der Waals surface area contributed by atoms with Gasteiger partial charge in [-0.2, -0.15) is 12.6 Å². The summed E-state index contributed by atoms with van der Waals surface area (Å²) in [4.78, 5) is 24.6. The molecule has 7 nitrogen and oxygen atoms in total. The van der Waals surface area contributed by atoms with Gasteiger partial charge in [0, 0.05) is 125 Å². The monoisotopic (exact) mass is 839 g/mol. The highest BCUT2D eigenvalue weighted by atomic mass is 33.3. The number of unbranched alkanes of at least 4 members (excludes halogenated alkanes) is 2. The van der Waals surface area contributed by atoms with Gasteiger partial charge in [-0.1, -0.05) is 52.3 Å². The maximum Gasteiger partial charge on any atom is 0.303 e. The van der Waals surface area contributed by atoms with Crippen LogP contribution in [0.4, 0.5) is 0 Å². The minimum absolute atomic E-state index is 0.0161. The van der Waals surface area contributed by atoms with Crippen molar-refractivity contribution in [3.8, 4) is 0 Å². The fraction of sp³-hybridized carbons (Fsp3) is 0.720. The summed E-state index contributed by atoms with van der Waals surface area (Å²) in [5.41, 5.74) is 0. The summed E-state index contributed by atoms with van der Waals surface area (Å²) in [6, 6.07) is 5.91. The molecule has 0 amide bonds. The van der Waals surface area contributed by atoms with Crippen LogP contribution in [0, 0.1) is 0 Å². The van der Waals surface area contributed by atoms with Gasteiger partial charge in [0.05, 0.1) is 0 Å². The summed E-state index contributed by atoms with van der Waals surface area (Å²) in [6.45, 7) is 8.50. The van der Waals surface area contributed by atoms with E-state index >= 15 is 0 Å². The molecule has 0 fully saturated rings. The fourth-order valence-electron chi connectivity index (χ4n) is 2.12. The molecule has 258 valence electrons. The van der Waals surface area contributed by atoms with Crippen molar-refractivity contribution >= 4 is 139 Å². The Kier molecular flexibility index (Phi) is 45.9. The van der Waals surface area contributed by atoms with Crippen LogP contribution in [0.15, 0.2) is 29.4 Å². The van der Waals surface area contributed by atoms with Gasteiger partial charge >= 0.3 is 11.9 Å². The minimum atomic E-state index is -0.753. The first-order valence-electron chi connectivity index (χ1n) is 13.0. The average molecular weight is 840 g/mol. The largest absolute Gasteiger partial charge is 0.481 e. The van der Waals surface area contributed by atoms with Crippen LogP contribution < -0.4 is 0 Å². The van der Waals surface area contributed by atoms with E-state index in [2.05, 4.69) is 76.2 Å². The molecule has 1 aromatic rings. The molecule has 19 heteroatoms. The first-order valence-corrected chi connectivity index (χ1v) is 24.8. The van der Waals surface area contributed by atoms with E-state index in [0.29, 0.717) is 19.4 Å². The number of rotatable bonds is 18. The Morgan fingerprint density at radius 3 is 1.70 bits per heavy atom. The topological polar surface area (TPSA) is 128 Å². The number of thiol groups is 1. The van der Waals surface area contributed by atoms with Crippen molar-refractivity contribution in [1.82, 2.24) is 4.98 Å². The second kappa shape index (κ2) is 38.7. The highest BCUT2D eigenvalue weighted by Gasteiger charge is 2.20. The summed E-state index contributed by atoms with van der Waals surface area (Å²) >= 11 is 20.4. The molecule has 0 aliphatic heterocycles. The highest BCUT2D eigenvalue weighted by Crippen LogP contribution is 2.39. The van der Waals surface area contributed by atoms with Gasteiger partial charge in [0.15, 0.2) is 0 Å². The molecule has 0 bridgehead atoms. The van der Waals surface area contributed by atoms with E-state index in [-0.39, 0.29) is 28.9 Å². The number of carboxylic acid groups (broad SMARTS) is 2. The Labute approximate surface area is 313 Å². The predicted octanol–water partition coefficient (Wildman–Crippen LogP) is 6.92. The number of carboxylic acids is 2. The van der Waals surface area contributed by atoms with Crippen LogP contribution in [0.1, 0.15) is 79.1 Å². The maximum atomic E-state index is 10.4. The molecule has 0 spiro atoms. The van der Waals surface area contributed by atoms with Crippen molar-refractivity contribution in [3.05, 3.63) is 24.4 Å². The van der Waals surface area contributed by atoms with Crippen LogP contribution in [-0.2, 0) is 81.0 Å². The number of pyridine rings is 1. The Morgan fingerprint density at radius 2 is 1.34 bits per heavy atom. The third-order valence-electron chi connectivity index (χ3n) is 4.29. The van der Waals surface area contributed by atoms with Crippen molar-refractivity contribution in [1.29, 1.82) is 0 Å². The second-order valence-corrected chi connectivity index (χ2v) is 21.5. The van der Waals surface area contributed by atoms with Gasteiger partial charge in [0.1, 0.15) is 5.03 Å². The van der Waals surface area contributed by atoms with Crippen molar-refractivity contribution in [2.75, 3.05) is 24.7 Å². The molecule has 0 radical (unpaired) electrons. The maximum absolute atomic E-state index is 10.4. The average Bonchev–Trinajstić information content (AvgIpc) is 2.98. The zero-order chi connectivity index (χ0) is 34.7. The van der Waals surface area contributed by atoms with Crippen molar-refractivity contribution < 1.29 is 30.0 Å². The number of hydrogen-bond donors (Lipinski definition) is 5. The Hall–Kier alpha value is 1.30. The van der Waals surface area contributed by atoms with Gasteiger partial charge < -0.3 is 20.4 Å².